The quantitative estimate of drug-likeness (QED) is 0.737. The minimum Gasteiger partial charge on any atom is -0.346 e. The van der Waals surface area contributed by atoms with Crippen LogP contribution in [0.3, 0.4) is 0 Å². The second-order valence-corrected chi connectivity index (χ2v) is 6.31. The third kappa shape index (κ3) is 4.09. The van der Waals surface area contributed by atoms with Gasteiger partial charge in [-0.2, -0.15) is 5.10 Å². The molecule has 3 rings (SSSR count). The topological polar surface area (TPSA) is 64.7 Å². The van der Waals surface area contributed by atoms with Gasteiger partial charge in [0.05, 0.1) is 28.8 Å². The molecule has 1 amide bonds. The Hall–Kier alpha value is -2.60. The summed E-state index contributed by atoms with van der Waals surface area (Å²) in [6.07, 6.45) is 5.34. The number of halogens is 1. The Morgan fingerprint density at radius 3 is 2.64 bits per heavy atom. The molecule has 1 aromatic carbocycles. The fourth-order valence-electron chi connectivity index (χ4n) is 2.73. The zero-order chi connectivity index (χ0) is 17.8. The van der Waals surface area contributed by atoms with Gasteiger partial charge >= 0.3 is 0 Å². The number of hydrogen-bond acceptors (Lipinski definition) is 3. The van der Waals surface area contributed by atoms with Crippen molar-refractivity contribution in [3.63, 3.8) is 0 Å². The Bertz CT molecular complexity index is 842. The predicted octanol–water partition coefficient (Wildman–Crippen LogP) is 2.91. The number of carbonyl (C=O) groups is 1. The van der Waals surface area contributed by atoms with E-state index in [-0.39, 0.29) is 18.5 Å². The van der Waals surface area contributed by atoms with Crippen molar-refractivity contribution >= 4 is 17.5 Å². The number of aryl methyl sites for hydroxylation is 1. The van der Waals surface area contributed by atoms with E-state index in [0.717, 1.165) is 17.0 Å². The number of carbonyl (C=O) groups excluding carboxylic acids is 1. The molecular weight excluding hydrogens is 338 g/mol. The molecule has 0 fully saturated rings. The molecule has 0 bridgehead atoms. The number of aromatic nitrogens is 4. The third-order valence-corrected chi connectivity index (χ3v) is 4.62. The Labute approximate surface area is 151 Å². The minimum absolute atomic E-state index is 0.115. The van der Waals surface area contributed by atoms with Gasteiger partial charge in [0, 0.05) is 18.9 Å². The Morgan fingerprint density at radius 1 is 1.28 bits per heavy atom. The summed E-state index contributed by atoms with van der Waals surface area (Å²) in [6.45, 7) is 4.42. The van der Waals surface area contributed by atoms with Crippen LogP contribution in [0, 0.1) is 13.8 Å². The molecule has 1 N–H and O–H groups in total. The van der Waals surface area contributed by atoms with Gasteiger partial charge in [-0.1, -0.05) is 41.9 Å². The SMILES string of the molecule is Cc1nn(CC(=O)N[C@@H](Cn2ccnc2)c2ccccc2)c(C)c1Cl. The second kappa shape index (κ2) is 7.53. The van der Waals surface area contributed by atoms with Crippen LogP contribution in [0.2, 0.25) is 5.02 Å². The summed E-state index contributed by atoms with van der Waals surface area (Å²) in [6, 6.07) is 9.73. The lowest BCUT2D eigenvalue weighted by atomic mass is 10.1. The van der Waals surface area contributed by atoms with E-state index >= 15 is 0 Å². The van der Waals surface area contributed by atoms with E-state index in [9.17, 15) is 4.79 Å². The third-order valence-electron chi connectivity index (χ3n) is 4.08. The van der Waals surface area contributed by atoms with Crippen LogP contribution >= 0.6 is 11.6 Å². The van der Waals surface area contributed by atoms with Crippen molar-refractivity contribution in [1.82, 2.24) is 24.6 Å². The highest BCUT2D eigenvalue weighted by atomic mass is 35.5. The van der Waals surface area contributed by atoms with Crippen molar-refractivity contribution in [1.29, 1.82) is 0 Å². The second-order valence-electron chi connectivity index (χ2n) is 5.93. The van der Waals surface area contributed by atoms with Crippen LogP contribution in [0.15, 0.2) is 49.1 Å². The van der Waals surface area contributed by atoms with E-state index in [4.69, 9.17) is 11.6 Å². The van der Waals surface area contributed by atoms with Crippen molar-refractivity contribution in [3.8, 4) is 0 Å². The molecule has 3 aromatic rings. The van der Waals surface area contributed by atoms with Gasteiger partial charge in [-0.3, -0.25) is 9.48 Å². The van der Waals surface area contributed by atoms with Gasteiger partial charge in [-0.25, -0.2) is 4.98 Å². The fourth-order valence-corrected chi connectivity index (χ4v) is 2.87. The highest BCUT2D eigenvalue weighted by molar-refractivity contribution is 6.31. The molecule has 0 radical (unpaired) electrons. The maximum Gasteiger partial charge on any atom is 0.242 e. The van der Waals surface area contributed by atoms with Crippen LogP contribution < -0.4 is 5.32 Å². The Balaban J connectivity index is 1.75. The van der Waals surface area contributed by atoms with Crippen molar-refractivity contribution in [2.45, 2.75) is 33.0 Å². The van der Waals surface area contributed by atoms with E-state index in [0.29, 0.717) is 11.6 Å². The summed E-state index contributed by atoms with van der Waals surface area (Å²) < 4.78 is 3.57. The summed E-state index contributed by atoms with van der Waals surface area (Å²) in [5, 5.41) is 8.00. The predicted molar refractivity (Wildman–Crippen MR) is 96.3 cm³/mol. The number of rotatable bonds is 6. The van der Waals surface area contributed by atoms with E-state index < -0.39 is 0 Å². The first-order chi connectivity index (χ1) is 12.0. The van der Waals surface area contributed by atoms with Crippen molar-refractivity contribution in [2.75, 3.05) is 0 Å². The lowest BCUT2D eigenvalue weighted by molar-refractivity contribution is -0.122. The Kier molecular flexibility index (Phi) is 5.19. The standard InChI is InChI=1S/C18H20ClN5O/c1-13-18(19)14(2)24(22-13)11-17(25)21-16(10-23-9-8-20-12-23)15-6-4-3-5-7-15/h3-9,12,16H,10-11H2,1-2H3,(H,21,25)/t16-/m0/s1. The highest BCUT2D eigenvalue weighted by Crippen LogP contribution is 2.19. The molecule has 130 valence electrons. The van der Waals surface area contributed by atoms with Gasteiger partial charge in [0.1, 0.15) is 6.54 Å². The highest BCUT2D eigenvalue weighted by Gasteiger charge is 2.17. The number of amides is 1. The maximum atomic E-state index is 12.6. The molecule has 0 unspecified atom stereocenters. The maximum absolute atomic E-state index is 12.6. The van der Waals surface area contributed by atoms with E-state index in [1.165, 1.54) is 0 Å². The summed E-state index contributed by atoms with van der Waals surface area (Å²) in [4.78, 5) is 16.6. The lowest BCUT2D eigenvalue weighted by Gasteiger charge is -2.20. The zero-order valence-electron chi connectivity index (χ0n) is 14.2. The molecular formula is C18H20ClN5O. The van der Waals surface area contributed by atoms with Crippen LogP contribution in [0.1, 0.15) is 23.0 Å². The average Bonchev–Trinajstić information content (AvgIpc) is 3.20. The normalized spacial score (nSPS) is 12.1. The molecule has 0 spiro atoms. The zero-order valence-corrected chi connectivity index (χ0v) is 14.9. The van der Waals surface area contributed by atoms with Crippen LogP contribution in [-0.2, 0) is 17.9 Å². The number of imidazole rings is 1. The van der Waals surface area contributed by atoms with Crippen LogP contribution in [-0.4, -0.2) is 25.2 Å². The molecule has 2 heterocycles. The molecule has 1 atom stereocenters. The molecule has 25 heavy (non-hydrogen) atoms. The van der Waals surface area contributed by atoms with Gasteiger partial charge in [-0.05, 0) is 19.4 Å². The van der Waals surface area contributed by atoms with Gasteiger partial charge in [0.25, 0.3) is 0 Å². The van der Waals surface area contributed by atoms with Crippen molar-refractivity contribution in [2.24, 2.45) is 0 Å². The number of hydrogen-bond donors (Lipinski definition) is 1. The molecule has 0 saturated carbocycles. The van der Waals surface area contributed by atoms with Gasteiger partial charge in [0.2, 0.25) is 5.91 Å². The summed E-state index contributed by atoms with van der Waals surface area (Å²) >= 11 is 6.15. The average molecular weight is 358 g/mol. The molecule has 0 aliphatic rings. The van der Waals surface area contributed by atoms with Crippen molar-refractivity contribution < 1.29 is 4.79 Å². The monoisotopic (exact) mass is 357 g/mol. The summed E-state index contributed by atoms with van der Waals surface area (Å²) in [5.74, 6) is -0.115. The molecule has 7 heteroatoms. The van der Waals surface area contributed by atoms with Crippen LogP contribution in [0.4, 0.5) is 0 Å². The fraction of sp³-hybridized carbons (Fsp3) is 0.278. The smallest absolute Gasteiger partial charge is 0.242 e. The van der Waals surface area contributed by atoms with Gasteiger partial charge < -0.3 is 9.88 Å². The van der Waals surface area contributed by atoms with E-state index in [2.05, 4.69) is 15.4 Å². The first kappa shape index (κ1) is 17.2. The number of benzene rings is 1. The minimum atomic E-state index is -0.157. The first-order valence-corrected chi connectivity index (χ1v) is 8.42. The molecule has 0 aliphatic carbocycles. The van der Waals surface area contributed by atoms with E-state index in [1.807, 2.05) is 54.9 Å². The summed E-state index contributed by atoms with van der Waals surface area (Å²) in [7, 11) is 0. The Morgan fingerprint density at radius 2 is 2.04 bits per heavy atom. The largest absolute Gasteiger partial charge is 0.346 e. The van der Waals surface area contributed by atoms with Crippen molar-refractivity contribution in [3.05, 3.63) is 71.0 Å². The number of nitrogens with zero attached hydrogens (tertiary/aromatic N) is 4. The van der Waals surface area contributed by atoms with E-state index in [1.54, 1.807) is 17.2 Å². The summed E-state index contributed by atoms with van der Waals surface area (Å²) in [5.41, 5.74) is 2.56. The molecule has 0 saturated heterocycles. The number of nitrogens with one attached hydrogen (secondary N) is 1. The molecule has 0 aliphatic heterocycles. The molecule has 6 nitrogen and oxygen atoms in total. The van der Waals surface area contributed by atoms with Crippen LogP contribution in [0.25, 0.3) is 0 Å². The molecule has 2 aromatic heterocycles. The van der Waals surface area contributed by atoms with Crippen LogP contribution in [0.5, 0.6) is 0 Å². The first-order valence-electron chi connectivity index (χ1n) is 8.04. The van der Waals surface area contributed by atoms with Gasteiger partial charge in [-0.15, -0.1) is 0 Å². The van der Waals surface area contributed by atoms with Gasteiger partial charge in [0.15, 0.2) is 0 Å². The lowest BCUT2D eigenvalue weighted by Crippen LogP contribution is -2.34.